The molecule has 0 aliphatic heterocycles. The number of hydrogen-bond donors (Lipinski definition) is 1. The Morgan fingerprint density at radius 2 is 2.07 bits per heavy atom. The maximum absolute atomic E-state index is 13.1. The Morgan fingerprint density at radius 3 is 2.71 bits per heavy atom. The number of halogens is 3. The molecule has 4 heteroatoms. The van der Waals surface area contributed by atoms with E-state index < -0.39 is 11.6 Å². The first kappa shape index (κ1) is 11.6. The van der Waals surface area contributed by atoms with Gasteiger partial charge in [-0.3, -0.25) is 0 Å². The molecule has 0 saturated carbocycles. The molecule has 0 spiro atoms. The van der Waals surface area contributed by atoms with Crippen molar-refractivity contribution in [2.45, 2.75) is 13.0 Å². The monoisotopic (exact) mass is 263 g/mol. The van der Waals surface area contributed by atoms with E-state index >= 15 is 0 Å². The maximum atomic E-state index is 13.1. The lowest BCUT2D eigenvalue weighted by Crippen LogP contribution is -2.15. The van der Waals surface area contributed by atoms with Crippen LogP contribution in [-0.4, -0.2) is 11.9 Å². The third-order valence-corrected chi connectivity index (χ3v) is 2.38. The molecule has 78 valence electrons. The molecule has 0 aliphatic rings. The molecule has 0 aromatic heterocycles. The van der Waals surface area contributed by atoms with Crippen molar-refractivity contribution in [2.24, 2.45) is 0 Å². The average Bonchev–Trinajstić information content (AvgIpc) is 2.15. The van der Waals surface area contributed by atoms with E-state index in [9.17, 15) is 8.78 Å². The molecule has 0 aliphatic carbocycles. The van der Waals surface area contributed by atoms with Gasteiger partial charge >= 0.3 is 0 Å². The lowest BCUT2D eigenvalue weighted by Gasteiger charge is -2.04. The summed E-state index contributed by atoms with van der Waals surface area (Å²) in [5.74, 6) is -1.02. The van der Waals surface area contributed by atoms with E-state index in [2.05, 4.69) is 21.2 Å². The van der Waals surface area contributed by atoms with Crippen LogP contribution >= 0.6 is 15.9 Å². The summed E-state index contributed by atoms with van der Waals surface area (Å²) < 4.78 is 25.6. The zero-order chi connectivity index (χ0) is 10.4. The van der Waals surface area contributed by atoms with Gasteiger partial charge in [0, 0.05) is 23.5 Å². The van der Waals surface area contributed by atoms with Crippen LogP contribution in [0.4, 0.5) is 8.78 Å². The second kappa shape index (κ2) is 6.09. The van der Waals surface area contributed by atoms with Crippen molar-refractivity contribution in [3.8, 4) is 0 Å². The fraction of sp³-hybridized carbons (Fsp3) is 0.400. The van der Waals surface area contributed by atoms with E-state index in [4.69, 9.17) is 0 Å². The van der Waals surface area contributed by atoms with Crippen LogP contribution in [0.25, 0.3) is 0 Å². The highest BCUT2D eigenvalue weighted by Gasteiger charge is 2.02. The molecule has 14 heavy (non-hydrogen) atoms. The Morgan fingerprint density at radius 1 is 1.29 bits per heavy atom. The van der Waals surface area contributed by atoms with Gasteiger partial charge in [0.2, 0.25) is 0 Å². The molecule has 1 N–H and O–H groups in total. The summed E-state index contributed by atoms with van der Waals surface area (Å²) in [5.41, 5.74) is 0.501. The van der Waals surface area contributed by atoms with E-state index in [-0.39, 0.29) is 0 Å². The summed E-state index contributed by atoms with van der Waals surface area (Å²) in [6, 6.07) is 3.64. The minimum atomic E-state index is -0.535. The van der Waals surface area contributed by atoms with Crippen molar-refractivity contribution in [2.75, 3.05) is 11.9 Å². The van der Waals surface area contributed by atoms with Gasteiger partial charge in [-0.15, -0.1) is 0 Å². The lowest BCUT2D eigenvalue weighted by molar-refractivity contribution is 0.560. The molecule has 0 unspecified atom stereocenters. The Kier molecular flexibility index (Phi) is 5.04. The first-order valence-corrected chi connectivity index (χ1v) is 5.57. The quantitative estimate of drug-likeness (QED) is 0.637. The smallest absolute Gasteiger partial charge is 0.130 e. The first-order chi connectivity index (χ1) is 6.74. The second-order valence-electron chi connectivity index (χ2n) is 2.96. The molecule has 0 bridgehead atoms. The molecule has 0 radical (unpaired) electrons. The van der Waals surface area contributed by atoms with Gasteiger partial charge in [-0.05, 0) is 19.0 Å². The van der Waals surface area contributed by atoms with E-state index in [0.29, 0.717) is 12.1 Å². The molecule has 1 nitrogen and oxygen atoms in total. The molecule has 0 amide bonds. The topological polar surface area (TPSA) is 12.0 Å². The Balaban J connectivity index is 2.42. The van der Waals surface area contributed by atoms with Gasteiger partial charge in [-0.25, -0.2) is 8.78 Å². The van der Waals surface area contributed by atoms with Crippen molar-refractivity contribution in [3.63, 3.8) is 0 Å². The minimum absolute atomic E-state index is 0.444. The van der Waals surface area contributed by atoms with Gasteiger partial charge in [0.15, 0.2) is 0 Å². The second-order valence-corrected chi connectivity index (χ2v) is 3.75. The van der Waals surface area contributed by atoms with Crippen molar-refractivity contribution in [1.29, 1.82) is 0 Å². The van der Waals surface area contributed by atoms with Crippen LogP contribution in [0.2, 0.25) is 0 Å². The fourth-order valence-electron chi connectivity index (χ4n) is 1.08. The number of rotatable bonds is 5. The molecule has 0 saturated heterocycles. The summed E-state index contributed by atoms with van der Waals surface area (Å²) in [6.07, 6.45) is 0.989. The van der Waals surface area contributed by atoms with Crippen molar-refractivity contribution in [1.82, 2.24) is 5.32 Å². The maximum Gasteiger partial charge on any atom is 0.130 e. The number of hydrogen-bond acceptors (Lipinski definition) is 1. The van der Waals surface area contributed by atoms with Crippen molar-refractivity contribution < 1.29 is 8.78 Å². The minimum Gasteiger partial charge on any atom is -0.313 e. The summed E-state index contributed by atoms with van der Waals surface area (Å²) >= 11 is 3.30. The molecular formula is C10H12BrF2N. The first-order valence-electron chi connectivity index (χ1n) is 4.44. The number of benzene rings is 1. The summed E-state index contributed by atoms with van der Waals surface area (Å²) in [4.78, 5) is 0. The zero-order valence-corrected chi connectivity index (χ0v) is 9.28. The van der Waals surface area contributed by atoms with E-state index in [1.54, 1.807) is 0 Å². The van der Waals surface area contributed by atoms with Crippen LogP contribution in [-0.2, 0) is 6.54 Å². The third-order valence-electron chi connectivity index (χ3n) is 1.82. The highest BCUT2D eigenvalue weighted by atomic mass is 79.9. The van der Waals surface area contributed by atoms with Gasteiger partial charge in [0.05, 0.1) is 0 Å². The van der Waals surface area contributed by atoms with Crippen molar-refractivity contribution >= 4 is 15.9 Å². The van der Waals surface area contributed by atoms with Gasteiger partial charge in [0.25, 0.3) is 0 Å². The van der Waals surface area contributed by atoms with E-state index in [1.165, 1.54) is 12.1 Å². The highest BCUT2D eigenvalue weighted by molar-refractivity contribution is 9.09. The average molecular weight is 264 g/mol. The number of nitrogens with one attached hydrogen (secondary N) is 1. The summed E-state index contributed by atoms with van der Waals surface area (Å²) in [6.45, 7) is 1.27. The molecule has 1 aromatic carbocycles. The van der Waals surface area contributed by atoms with Crippen LogP contribution in [0.1, 0.15) is 12.0 Å². The van der Waals surface area contributed by atoms with Crippen LogP contribution in [0, 0.1) is 11.6 Å². The standard InChI is InChI=1S/C10H12BrF2N/c11-4-1-5-14-7-8-2-3-9(12)6-10(8)13/h2-3,6,14H,1,4-5,7H2. The van der Waals surface area contributed by atoms with Gasteiger partial charge < -0.3 is 5.32 Å². The van der Waals surface area contributed by atoms with Crippen LogP contribution < -0.4 is 5.32 Å². The molecular weight excluding hydrogens is 252 g/mol. The van der Waals surface area contributed by atoms with Crippen LogP contribution in [0.15, 0.2) is 18.2 Å². The third kappa shape index (κ3) is 3.72. The van der Waals surface area contributed by atoms with Crippen LogP contribution in [0.3, 0.4) is 0 Å². The fourth-order valence-corrected chi connectivity index (χ4v) is 1.36. The van der Waals surface area contributed by atoms with Crippen LogP contribution in [0.5, 0.6) is 0 Å². The summed E-state index contributed by atoms with van der Waals surface area (Å²) in [5, 5.41) is 3.99. The zero-order valence-electron chi connectivity index (χ0n) is 7.69. The Hall–Kier alpha value is -0.480. The predicted octanol–water partition coefficient (Wildman–Crippen LogP) is 2.84. The predicted molar refractivity (Wildman–Crippen MR) is 56.5 cm³/mol. The van der Waals surface area contributed by atoms with E-state index in [0.717, 1.165) is 24.4 Å². The molecule has 1 rings (SSSR count). The molecule has 0 fully saturated rings. The largest absolute Gasteiger partial charge is 0.313 e. The Labute approximate surface area is 90.6 Å². The molecule has 0 atom stereocenters. The lowest BCUT2D eigenvalue weighted by atomic mass is 10.2. The molecule has 0 heterocycles. The Bertz CT molecular complexity index is 291. The molecule has 1 aromatic rings. The highest BCUT2D eigenvalue weighted by Crippen LogP contribution is 2.08. The summed E-state index contributed by atoms with van der Waals surface area (Å²) in [7, 11) is 0. The van der Waals surface area contributed by atoms with E-state index in [1.807, 2.05) is 0 Å². The van der Waals surface area contributed by atoms with Crippen molar-refractivity contribution in [3.05, 3.63) is 35.4 Å². The van der Waals surface area contributed by atoms with Gasteiger partial charge in [0.1, 0.15) is 11.6 Å². The normalized spacial score (nSPS) is 10.5. The number of alkyl halides is 1. The SMILES string of the molecule is Fc1ccc(CNCCCBr)c(F)c1. The van der Waals surface area contributed by atoms with Gasteiger partial charge in [-0.1, -0.05) is 22.0 Å². The van der Waals surface area contributed by atoms with Gasteiger partial charge in [-0.2, -0.15) is 0 Å².